The van der Waals surface area contributed by atoms with Gasteiger partial charge in [-0.1, -0.05) is 26.0 Å². The minimum Gasteiger partial charge on any atom is -0.479 e. The average molecular weight is 656 g/mol. The van der Waals surface area contributed by atoms with Crippen LogP contribution in [0.4, 0.5) is 14.9 Å². The number of anilines is 1. The van der Waals surface area contributed by atoms with E-state index < -0.39 is 29.2 Å². The number of carbonyl (C=O) groups is 3. The molecule has 4 heterocycles. The Balaban J connectivity index is 1.39. The third-order valence-electron chi connectivity index (χ3n) is 9.04. The molecule has 47 heavy (non-hydrogen) atoms. The Bertz CT molecular complexity index is 1550. The number of benzene rings is 1. The van der Waals surface area contributed by atoms with Crippen LogP contribution in [0.2, 0.25) is 0 Å². The molecule has 0 saturated carbocycles. The Hall–Kier alpha value is -3.81. The summed E-state index contributed by atoms with van der Waals surface area (Å²) in [7, 11) is 0. The van der Waals surface area contributed by atoms with Crippen molar-refractivity contribution in [3.05, 3.63) is 63.3 Å². The summed E-state index contributed by atoms with van der Waals surface area (Å²) in [5.41, 5.74) is 1.17. The number of piperazine rings is 1. The molecule has 13 heteroatoms. The minimum absolute atomic E-state index is 0.0613. The normalized spacial score (nSPS) is 23.4. The standard InChI is InChI=1S/C34H46FN5O7/c1-21-15-38(25(17-39(21)32(45)47-33(2,3)4)16-37-11-12-46-27(18-37)31(43)44)19-28(41)40-20-34(5,6)29-26(40)14-23(30(42)36-29)13-22-7-9-24(35)10-8-22/h7-10,14,21,25,27H,11-13,15-20H2,1-6H3,(H,36,42)(H,43,44)/t21-,25+,27+/m1/s1. The number of halogens is 1. The van der Waals surface area contributed by atoms with Gasteiger partial charge >= 0.3 is 12.1 Å². The largest absolute Gasteiger partial charge is 0.479 e. The molecule has 0 spiro atoms. The van der Waals surface area contributed by atoms with Gasteiger partial charge in [-0.2, -0.15) is 0 Å². The van der Waals surface area contributed by atoms with Crippen LogP contribution in [0.1, 0.15) is 58.4 Å². The zero-order chi connectivity index (χ0) is 34.3. The van der Waals surface area contributed by atoms with Crippen molar-refractivity contribution in [1.29, 1.82) is 0 Å². The van der Waals surface area contributed by atoms with E-state index in [0.29, 0.717) is 49.7 Å². The van der Waals surface area contributed by atoms with E-state index in [1.165, 1.54) is 12.1 Å². The van der Waals surface area contributed by atoms with Crippen molar-refractivity contribution in [3.63, 3.8) is 0 Å². The van der Waals surface area contributed by atoms with Gasteiger partial charge in [-0.05, 0) is 51.5 Å². The number of ether oxygens (including phenoxy) is 2. The third kappa shape index (κ3) is 8.02. The molecule has 3 aliphatic heterocycles. The summed E-state index contributed by atoms with van der Waals surface area (Å²) in [5, 5.41) is 9.55. The van der Waals surface area contributed by atoms with E-state index in [2.05, 4.69) is 9.88 Å². The van der Waals surface area contributed by atoms with E-state index in [1.807, 2.05) is 46.4 Å². The molecule has 5 rings (SSSR count). The molecule has 3 aliphatic rings. The van der Waals surface area contributed by atoms with E-state index in [0.717, 1.165) is 5.56 Å². The summed E-state index contributed by atoms with van der Waals surface area (Å²) in [6.07, 6.45) is -1.09. The number of carboxylic acids is 1. The fraction of sp³-hybridized carbons (Fsp3) is 0.588. The molecule has 2 saturated heterocycles. The second-order valence-electron chi connectivity index (χ2n) is 14.6. The zero-order valence-corrected chi connectivity index (χ0v) is 28.0. The Morgan fingerprint density at radius 2 is 1.83 bits per heavy atom. The van der Waals surface area contributed by atoms with Crippen LogP contribution in [0.5, 0.6) is 0 Å². The first kappa shape index (κ1) is 34.5. The summed E-state index contributed by atoms with van der Waals surface area (Å²) in [5.74, 6) is -1.53. The number of hydrogen-bond acceptors (Lipinski definition) is 8. The maximum absolute atomic E-state index is 14.2. The first-order chi connectivity index (χ1) is 22.0. The molecular weight excluding hydrogens is 609 g/mol. The highest BCUT2D eigenvalue weighted by molar-refractivity contribution is 5.97. The lowest BCUT2D eigenvalue weighted by Crippen LogP contribution is -2.64. The van der Waals surface area contributed by atoms with Gasteiger partial charge in [0, 0.05) is 74.4 Å². The van der Waals surface area contributed by atoms with Crippen LogP contribution in [0.25, 0.3) is 0 Å². The quantitative estimate of drug-likeness (QED) is 0.462. The Morgan fingerprint density at radius 3 is 2.49 bits per heavy atom. The topological polar surface area (TPSA) is 136 Å². The van der Waals surface area contributed by atoms with E-state index in [4.69, 9.17) is 9.47 Å². The van der Waals surface area contributed by atoms with Crippen molar-refractivity contribution >= 4 is 23.7 Å². The fourth-order valence-electron chi connectivity index (χ4n) is 6.65. The maximum atomic E-state index is 14.2. The van der Waals surface area contributed by atoms with Crippen molar-refractivity contribution in [2.24, 2.45) is 0 Å². The van der Waals surface area contributed by atoms with E-state index >= 15 is 0 Å². The van der Waals surface area contributed by atoms with Gasteiger partial charge in [0.05, 0.1) is 18.8 Å². The predicted molar refractivity (Wildman–Crippen MR) is 173 cm³/mol. The number of aromatic nitrogens is 1. The second-order valence-corrected chi connectivity index (χ2v) is 14.6. The molecule has 3 atom stereocenters. The highest BCUT2D eigenvalue weighted by atomic mass is 19.1. The number of amides is 2. The van der Waals surface area contributed by atoms with Crippen LogP contribution in [0.3, 0.4) is 0 Å². The first-order valence-corrected chi connectivity index (χ1v) is 16.1. The molecule has 0 aliphatic carbocycles. The lowest BCUT2D eigenvalue weighted by Gasteiger charge is -2.47. The number of pyridine rings is 1. The molecule has 2 N–H and O–H groups in total. The fourth-order valence-corrected chi connectivity index (χ4v) is 6.65. The second kappa shape index (κ2) is 13.4. The lowest BCUT2D eigenvalue weighted by atomic mass is 9.91. The number of aromatic amines is 1. The summed E-state index contributed by atoms with van der Waals surface area (Å²) in [4.78, 5) is 62.7. The van der Waals surface area contributed by atoms with Crippen molar-refractivity contribution in [3.8, 4) is 0 Å². The van der Waals surface area contributed by atoms with Crippen molar-refractivity contribution in [1.82, 2.24) is 19.7 Å². The lowest BCUT2D eigenvalue weighted by molar-refractivity contribution is -0.156. The monoisotopic (exact) mass is 655 g/mol. The molecule has 2 fully saturated rings. The number of fused-ring (bicyclic) bond motifs is 1. The number of aliphatic carboxylic acids is 1. The number of rotatable bonds is 7. The van der Waals surface area contributed by atoms with Gasteiger partial charge in [0.25, 0.3) is 5.56 Å². The highest BCUT2D eigenvalue weighted by Crippen LogP contribution is 2.39. The van der Waals surface area contributed by atoms with Crippen molar-refractivity contribution in [2.45, 2.75) is 77.2 Å². The summed E-state index contributed by atoms with van der Waals surface area (Å²) < 4.78 is 24.6. The number of H-pyrrole nitrogens is 1. The smallest absolute Gasteiger partial charge is 0.410 e. The van der Waals surface area contributed by atoms with E-state index in [1.54, 1.807) is 28.0 Å². The average Bonchev–Trinajstić information content (AvgIpc) is 3.24. The Morgan fingerprint density at radius 1 is 1.13 bits per heavy atom. The highest BCUT2D eigenvalue weighted by Gasteiger charge is 2.43. The zero-order valence-electron chi connectivity index (χ0n) is 28.0. The molecule has 0 radical (unpaired) electrons. The summed E-state index contributed by atoms with van der Waals surface area (Å²) >= 11 is 0. The number of carbonyl (C=O) groups excluding carboxylic acids is 2. The predicted octanol–water partition coefficient (Wildman–Crippen LogP) is 2.82. The first-order valence-electron chi connectivity index (χ1n) is 16.1. The number of carboxylic acid groups (broad SMARTS) is 1. The molecule has 2 aromatic rings. The molecule has 2 amide bonds. The minimum atomic E-state index is -1.03. The molecule has 1 aromatic heterocycles. The van der Waals surface area contributed by atoms with Gasteiger partial charge < -0.3 is 29.4 Å². The van der Waals surface area contributed by atoms with Gasteiger partial charge in [-0.15, -0.1) is 0 Å². The van der Waals surface area contributed by atoms with Gasteiger partial charge in [0.15, 0.2) is 6.10 Å². The Kier molecular flexibility index (Phi) is 9.82. The van der Waals surface area contributed by atoms with E-state index in [9.17, 15) is 28.7 Å². The van der Waals surface area contributed by atoms with Crippen molar-refractivity contribution in [2.75, 3.05) is 57.3 Å². The number of nitrogens with zero attached hydrogens (tertiary/aromatic N) is 4. The number of morpholine rings is 1. The SMILES string of the molecule is C[C@@H]1CN(CC(=O)N2CC(C)(C)c3[nH]c(=O)c(Cc4ccc(F)cc4)cc32)[C@@H](CN2CCO[C@H](C(=O)O)C2)CN1C(=O)OC(C)(C)C. The van der Waals surface area contributed by atoms with Crippen LogP contribution in [-0.4, -0.2) is 119 Å². The Labute approximate surface area is 274 Å². The molecular formula is C34H46FN5O7. The molecule has 256 valence electrons. The van der Waals surface area contributed by atoms with Crippen molar-refractivity contribution < 1.29 is 33.4 Å². The number of hydrogen-bond donors (Lipinski definition) is 2. The summed E-state index contributed by atoms with van der Waals surface area (Å²) in [6, 6.07) is 7.23. The van der Waals surface area contributed by atoms with Crippen LogP contribution >= 0.6 is 0 Å². The maximum Gasteiger partial charge on any atom is 0.410 e. The van der Waals surface area contributed by atoms with Crippen LogP contribution < -0.4 is 10.5 Å². The van der Waals surface area contributed by atoms with Gasteiger partial charge in [-0.3, -0.25) is 19.4 Å². The summed E-state index contributed by atoms with van der Waals surface area (Å²) in [6.45, 7) is 13.9. The third-order valence-corrected chi connectivity index (χ3v) is 9.04. The van der Waals surface area contributed by atoms with Gasteiger partial charge in [0.2, 0.25) is 5.91 Å². The van der Waals surface area contributed by atoms with Gasteiger partial charge in [-0.25, -0.2) is 14.0 Å². The van der Waals surface area contributed by atoms with Gasteiger partial charge in [0.1, 0.15) is 11.4 Å². The van der Waals surface area contributed by atoms with Crippen LogP contribution in [0.15, 0.2) is 35.1 Å². The van der Waals surface area contributed by atoms with E-state index in [-0.39, 0.29) is 55.5 Å². The molecule has 12 nitrogen and oxygen atoms in total. The van der Waals surface area contributed by atoms with Crippen LogP contribution in [0, 0.1) is 5.82 Å². The number of nitrogens with one attached hydrogen (secondary N) is 1. The molecule has 0 bridgehead atoms. The molecule has 0 unspecified atom stereocenters. The molecule has 1 aromatic carbocycles. The van der Waals surface area contributed by atoms with Crippen LogP contribution in [-0.2, 0) is 30.9 Å².